The van der Waals surface area contributed by atoms with E-state index in [2.05, 4.69) is 10.5 Å². The van der Waals surface area contributed by atoms with Gasteiger partial charge < -0.3 is 0 Å². The van der Waals surface area contributed by atoms with Crippen molar-refractivity contribution in [1.82, 2.24) is 5.43 Å². The molecule has 4 aromatic carbocycles. The van der Waals surface area contributed by atoms with Crippen LogP contribution in [0.3, 0.4) is 0 Å². The van der Waals surface area contributed by atoms with Gasteiger partial charge in [-0.1, -0.05) is 83.9 Å². The molecule has 0 radical (unpaired) electrons. The number of carbonyl (C=O) groups excluding carboxylic acids is 3. The third-order valence-electron chi connectivity index (χ3n) is 8.32. The summed E-state index contributed by atoms with van der Waals surface area (Å²) in [6.45, 7) is 0. The summed E-state index contributed by atoms with van der Waals surface area (Å²) >= 11 is 12.5. The topological polar surface area (TPSA) is 78.8 Å². The molecule has 8 rings (SSSR count). The van der Waals surface area contributed by atoms with Crippen molar-refractivity contribution < 1.29 is 14.4 Å². The summed E-state index contributed by atoms with van der Waals surface area (Å²) in [4.78, 5) is 42.7. The molecule has 4 aromatic rings. The van der Waals surface area contributed by atoms with Gasteiger partial charge in [0.25, 0.3) is 5.91 Å². The number of nitrogens with zero attached hydrogens (tertiary/aromatic N) is 2. The Balaban J connectivity index is 1.41. The van der Waals surface area contributed by atoms with Gasteiger partial charge in [-0.3, -0.25) is 14.4 Å². The van der Waals surface area contributed by atoms with Gasteiger partial charge in [0, 0.05) is 22.7 Å². The van der Waals surface area contributed by atoms with Crippen LogP contribution in [0, 0.1) is 11.8 Å². The fourth-order valence-electron chi connectivity index (χ4n) is 6.78. The number of amides is 3. The predicted molar refractivity (Wildman–Crippen MR) is 154 cm³/mol. The van der Waals surface area contributed by atoms with E-state index in [1.54, 1.807) is 54.7 Å². The Bertz CT molecular complexity index is 1700. The summed E-state index contributed by atoms with van der Waals surface area (Å²) in [7, 11) is 0. The van der Waals surface area contributed by atoms with Crippen LogP contribution in [0.5, 0.6) is 0 Å². The first-order valence-electron chi connectivity index (χ1n) is 12.8. The van der Waals surface area contributed by atoms with Crippen LogP contribution in [0.1, 0.15) is 38.5 Å². The lowest BCUT2D eigenvalue weighted by Crippen LogP contribution is -2.54. The van der Waals surface area contributed by atoms with Crippen molar-refractivity contribution in [2.75, 3.05) is 4.90 Å². The first-order valence-corrected chi connectivity index (χ1v) is 13.6. The van der Waals surface area contributed by atoms with E-state index in [1.165, 1.54) is 4.90 Å². The normalized spacial score (nSPS) is 24.1. The van der Waals surface area contributed by atoms with Gasteiger partial charge in [0.1, 0.15) is 0 Å². The standard InChI is InChI=1S/C32H21Cl2N3O3/c33-19-15-13-18(14-16-19)29(38)36-35-17-32-22-9-3-1-7-20(22)26(21-8-2-4-10-23(21)32)27-28(32)31(40)37(30(27)39)25-12-6-5-11-24(25)34/h1-17,26-28H,(H,36,38)/b35-17-/t26?,27-,28-,32?/m1/s1. The fourth-order valence-corrected chi connectivity index (χ4v) is 7.13. The Hall–Kier alpha value is -4.26. The smallest absolute Gasteiger partial charge is 0.271 e. The molecule has 196 valence electrons. The molecule has 0 unspecified atom stereocenters. The highest BCUT2D eigenvalue weighted by Crippen LogP contribution is 2.63. The molecule has 1 heterocycles. The van der Waals surface area contributed by atoms with Gasteiger partial charge in [0.15, 0.2) is 0 Å². The molecular weight excluding hydrogens is 545 g/mol. The Morgan fingerprint density at radius 3 is 2.05 bits per heavy atom. The Morgan fingerprint density at radius 1 is 0.800 bits per heavy atom. The SMILES string of the molecule is O=C(N/N=C\C12c3ccccc3C(c3ccccc31)[C@H]1C(=O)N(c3ccccc3Cl)C(=O)[C@@H]12)c1ccc(Cl)cc1. The quantitative estimate of drug-likeness (QED) is 0.188. The zero-order valence-electron chi connectivity index (χ0n) is 20.9. The minimum atomic E-state index is -1.09. The Kier molecular flexibility index (Phi) is 5.66. The maximum Gasteiger partial charge on any atom is 0.271 e. The fraction of sp³-hybridized carbons (Fsp3) is 0.125. The monoisotopic (exact) mass is 565 g/mol. The number of hydrazone groups is 1. The van der Waals surface area contributed by atoms with Gasteiger partial charge in [-0.05, 0) is 58.7 Å². The second kappa shape index (κ2) is 9.15. The molecular formula is C32H21Cl2N3O3. The second-order valence-electron chi connectivity index (χ2n) is 10.2. The second-order valence-corrected chi connectivity index (χ2v) is 11.0. The summed E-state index contributed by atoms with van der Waals surface area (Å²) in [5.41, 5.74) is 6.01. The molecule has 0 saturated carbocycles. The van der Waals surface area contributed by atoms with E-state index in [9.17, 15) is 14.4 Å². The van der Waals surface area contributed by atoms with Crippen LogP contribution in [0.25, 0.3) is 0 Å². The van der Waals surface area contributed by atoms with Crippen LogP contribution in [-0.4, -0.2) is 23.9 Å². The predicted octanol–water partition coefficient (Wildman–Crippen LogP) is 5.96. The first-order chi connectivity index (χ1) is 19.4. The number of para-hydroxylation sites is 1. The lowest BCUT2D eigenvalue weighted by molar-refractivity contribution is -0.122. The maximum absolute atomic E-state index is 14.4. The Morgan fingerprint density at radius 2 is 1.40 bits per heavy atom. The van der Waals surface area contributed by atoms with Crippen molar-refractivity contribution in [3.05, 3.63) is 135 Å². The molecule has 3 aliphatic carbocycles. The number of hydrogen-bond acceptors (Lipinski definition) is 4. The van der Waals surface area contributed by atoms with Crippen LogP contribution in [0.15, 0.2) is 102 Å². The molecule has 0 spiro atoms. The van der Waals surface area contributed by atoms with E-state index in [1.807, 2.05) is 48.5 Å². The van der Waals surface area contributed by atoms with Gasteiger partial charge in [0.05, 0.1) is 28.0 Å². The molecule has 4 aliphatic rings. The maximum atomic E-state index is 14.4. The molecule has 2 atom stereocenters. The molecule has 6 nitrogen and oxygen atoms in total. The molecule has 0 aromatic heterocycles. The molecule has 1 saturated heterocycles. The van der Waals surface area contributed by atoms with Crippen LogP contribution in [-0.2, 0) is 15.0 Å². The Labute approximate surface area is 240 Å². The summed E-state index contributed by atoms with van der Waals surface area (Å²) in [6.07, 6.45) is 1.63. The summed E-state index contributed by atoms with van der Waals surface area (Å²) in [5, 5.41) is 5.27. The zero-order chi connectivity index (χ0) is 27.6. The van der Waals surface area contributed by atoms with Crippen molar-refractivity contribution in [3.63, 3.8) is 0 Å². The number of imide groups is 1. The zero-order valence-corrected chi connectivity index (χ0v) is 22.4. The van der Waals surface area contributed by atoms with E-state index in [-0.39, 0.29) is 17.7 Å². The van der Waals surface area contributed by atoms with Crippen LogP contribution >= 0.6 is 23.2 Å². The minimum absolute atomic E-state index is 0.292. The minimum Gasteiger partial charge on any atom is -0.274 e. The van der Waals surface area contributed by atoms with Crippen molar-refractivity contribution in [2.45, 2.75) is 11.3 Å². The highest BCUT2D eigenvalue weighted by molar-refractivity contribution is 6.36. The van der Waals surface area contributed by atoms with E-state index in [4.69, 9.17) is 23.2 Å². The average molecular weight is 566 g/mol. The number of benzene rings is 4. The summed E-state index contributed by atoms with van der Waals surface area (Å²) in [6, 6.07) is 29.1. The number of halogens is 2. The molecule has 40 heavy (non-hydrogen) atoms. The first kappa shape index (κ1) is 24.8. The molecule has 2 bridgehead atoms. The van der Waals surface area contributed by atoms with E-state index < -0.39 is 23.2 Å². The highest BCUT2D eigenvalue weighted by Gasteiger charge is 2.68. The van der Waals surface area contributed by atoms with Crippen LogP contribution in [0.2, 0.25) is 10.0 Å². The third kappa shape index (κ3) is 3.36. The van der Waals surface area contributed by atoms with Gasteiger partial charge in [-0.2, -0.15) is 5.10 Å². The summed E-state index contributed by atoms with van der Waals surface area (Å²) in [5.74, 6) is -2.79. The number of carbonyl (C=O) groups is 3. The van der Waals surface area contributed by atoms with Gasteiger partial charge in [-0.25, -0.2) is 10.3 Å². The molecule has 3 amide bonds. The van der Waals surface area contributed by atoms with Gasteiger partial charge in [0.2, 0.25) is 11.8 Å². The van der Waals surface area contributed by atoms with Crippen molar-refractivity contribution in [1.29, 1.82) is 0 Å². The lowest BCUT2D eigenvalue weighted by atomic mass is 9.47. The van der Waals surface area contributed by atoms with Crippen LogP contribution in [0.4, 0.5) is 5.69 Å². The van der Waals surface area contributed by atoms with E-state index in [0.717, 1.165) is 22.3 Å². The number of rotatable bonds is 4. The van der Waals surface area contributed by atoms with Crippen molar-refractivity contribution >= 4 is 52.8 Å². The molecule has 1 aliphatic heterocycles. The van der Waals surface area contributed by atoms with Gasteiger partial charge >= 0.3 is 0 Å². The van der Waals surface area contributed by atoms with Crippen molar-refractivity contribution in [3.8, 4) is 0 Å². The molecule has 8 heteroatoms. The molecule has 1 fully saturated rings. The lowest BCUT2D eigenvalue weighted by Gasteiger charge is -2.52. The van der Waals surface area contributed by atoms with E-state index in [0.29, 0.717) is 21.3 Å². The summed E-state index contributed by atoms with van der Waals surface area (Å²) < 4.78 is 0. The van der Waals surface area contributed by atoms with Crippen molar-refractivity contribution in [2.24, 2.45) is 16.9 Å². The number of nitrogens with one attached hydrogen (secondary N) is 1. The van der Waals surface area contributed by atoms with Gasteiger partial charge in [-0.15, -0.1) is 0 Å². The van der Waals surface area contributed by atoms with Crippen LogP contribution < -0.4 is 10.3 Å². The highest BCUT2D eigenvalue weighted by atomic mass is 35.5. The third-order valence-corrected chi connectivity index (χ3v) is 8.89. The average Bonchev–Trinajstić information content (AvgIpc) is 3.24. The van der Waals surface area contributed by atoms with E-state index >= 15 is 0 Å². The number of anilines is 1. The number of hydrogen-bond donors (Lipinski definition) is 1. The largest absolute Gasteiger partial charge is 0.274 e. The molecule has 1 N–H and O–H groups in total.